The summed E-state index contributed by atoms with van der Waals surface area (Å²) < 4.78 is 5.65. The molecule has 32 heavy (non-hydrogen) atoms. The molecule has 0 fully saturated rings. The largest absolute Gasteiger partial charge is 0.536 e. The number of benzene rings is 1. The lowest BCUT2D eigenvalue weighted by atomic mass is 9.64. The zero-order chi connectivity index (χ0) is 22.5. The van der Waals surface area contributed by atoms with E-state index >= 15 is 0 Å². The second-order valence-corrected chi connectivity index (χ2v) is 8.51. The molecule has 0 saturated carbocycles. The van der Waals surface area contributed by atoms with Gasteiger partial charge in [-0.25, -0.2) is 4.98 Å². The molecular formula is C22H23BN4O4S. The Balaban J connectivity index is 1.37. The van der Waals surface area contributed by atoms with Crippen LogP contribution in [-0.4, -0.2) is 45.4 Å². The number of pyridine rings is 1. The minimum Gasteiger partial charge on any atom is -0.536 e. The summed E-state index contributed by atoms with van der Waals surface area (Å²) in [4.78, 5) is 21.5. The highest BCUT2D eigenvalue weighted by Gasteiger charge is 2.37. The topological polar surface area (TPSA) is 117 Å². The van der Waals surface area contributed by atoms with Gasteiger partial charge in [0.25, 0.3) is 0 Å². The van der Waals surface area contributed by atoms with E-state index in [0.29, 0.717) is 29.5 Å². The number of oxime groups is 1. The van der Waals surface area contributed by atoms with Crippen LogP contribution in [0.15, 0.2) is 53.1 Å². The third-order valence-electron chi connectivity index (χ3n) is 5.36. The molecule has 3 aromatic rings. The SMILES string of the molecule is Cc1cccc2c1OB(O)[C@@H](CC(=O)/C(=N\O)c1csc(NCCc3ccccn3)n1)C2. The van der Waals surface area contributed by atoms with Crippen molar-refractivity contribution in [2.45, 2.75) is 32.0 Å². The Morgan fingerprint density at radius 1 is 1.34 bits per heavy atom. The highest BCUT2D eigenvalue weighted by Crippen LogP contribution is 2.36. The fourth-order valence-electron chi connectivity index (χ4n) is 3.71. The zero-order valence-electron chi connectivity index (χ0n) is 17.6. The standard InChI is InChI=1S/C22H23BN4O4S/c1-14-5-4-6-15-11-16(23(29)31-21(14)15)12-19(28)20(27-30)18-13-32-22(26-18)25-10-8-17-7-2-3-9-24-17/h2-7,9,13,16,29-30H,8,10-12H2,1H3,(H,25,26)/b27-20-/t16-/m1/s1. The van der Waals surface area contributed by atoms with E-state index in [1.54, 1.807) is 11.6 Å². The number of rotatable bonds is 8. The second kappa shape index (κ2) is 9.93. The predicted molar refractivity (Wildman–Crippen MR) is 124 cm³/mol. The molecule has 1 aromatic carbocycles. The number of carbonyl (C=O) groups excluding carboxylic acids is 1. The number of nitrogens with one attached hydrogen (secondary N) is 1. The quantitative estimate of drug-likeness (QED) is 0.209. The molecule has 0 unspecified atom stereocenters. The van der Waals surface area contributed by atoms with Gasteiger partial charge in [0.05, 0.1) is 0 Å². The number of carbonyl (C=O) groups is 1. The number of para-hydroxylation sites is 1. The number of fused-ring (bicyclic) bond motifs is 1. The van der Waals surface area contributed by atoms with Crippen LogP contribution >= 0.6 is 11.3 Å². The molecular weight excluding hydrogens is 427 g/mol. The second-order valence-electron chi connectivity index (χ2n) is 7.65. The van der Waals surface area contributed by atoms with Crippen LogP contribution in [0.2, 0.25) is 5.82 Å². The fraction of sp³-hybridized carbons (Fsp3) is 0.273. The van der Waals surface area contributed by atoms with Crippen molar-refractivity contribution in [1.82, 2.24) is 9.97 Å². The van der Waals surface area contributed by atoms with Gasteiger partial charge in [0.15, 0.2) is 16.6 Å². The number of Topliss-reactive ketones (excluding diaryl/α,β-unsaturated/α-hetero) is 1. The van der Waals surface area contributed by atoms with E-state index in [0.717, 1.165) is 23.2 Å². The first-order valence-electron chi connectivity index (χ1n) is 10.3. The van der Waals surface area contributed by atoms with Crippen molar-refractivity contribution in [2.75, 3.05) is 11.9 Å². The molecule has 0 amide bonds. The number of hydrogen-bond acceptors (Lipinski definition) is 9. The molecule has 0 saturated heterocycles. The number of hydrogen-bond donors (Lipinski definition) is 3. The van der Waals surface area contributed by atoms with Crippen molar-refractivity contribution in [3.8, 4) is 5.75 Å². The smallest absolute Gasteiger partial charge is 0.526 e. The number of ketones is 1. The van der Waals surface area contributed by atoms with E-state index in [1.165, 1.54) is 11.3 Å². The predicted octanol–water partition coefficient (Wildman–Crippen LogP) is 3.12. The molecule has 0 aliphatic carbocycles. The molecule has 10 heteroatoms. The Morgan fingerprint density at radius 3 is 3.00 bits per heavy atom. The van der Waals surface area contributed by atoms with Gasteiger partial charge in [-0.05, 0) is 36.6 Å². The Bertz CT molecular complexity index is 1120. The van der Waals surface area contributed by atoms with E-state index in [4.69, 9.17) is 4.65 Å². The van der Waals surface area contributed by atoms with Crippen molar-refractivity contribution in [1.29, 1.82) is 0 Å². The maximum absolute atomic E-state index is 12.9. The van der Waals surface area contributed by atoms with Crippen LogP contribution in [0.3, 0.4) is 0 Å². The third-order valence-corrected chi connectivity index (χ3v) is 6.16. The highest BCUT2D eigenvalue weighted by molar-refractivity contribution is 7.14. The number of thiazole rings is 1. The molecule has 164 valence electrons. The Hall–Kier alpha value is -3.24. The van der Waals surface area contributed by atoms with Gasteiger partial charge in [-0.15, -0.1) is 11.3 Å². The normalized spacial score (nSPS) is 15.8. The van der Waals surface area contributed by atoms with E-state index in [-0.39, 0.29) is 12.1 Å². The molecule has 2 aromatic heterocycles. The van der Waals surface area contributed by atoms with Crippen molar-refractivity contribution >= 4 is 35.1 Å². The molecule has 4 rings (SSSR count). The summed E-state index contributed by atoms with van der Waals surface area (Å²) in [7, 11) is -1.10. The average Bonchev–Trinajstić information content (AvgIpc) is 3.25. The lowest BCUT2D eigenvalue weighted by molar-refractivity contribution is -0.113. The number of nitrogens with zero attached hydrogens (tertiary/aromatic N) is 3. The van der Waals surface area contributed by atoms with Crippen LogP contribution < -0.4 is 9.97 Å². The van der Waals surface area contributed by atoms with E-state index in [2.05, 4.69) is 20.4 Å². The summed E-state index contributed by atoms with van der Waals surface area (Å²) in [5.41, 5.74) is 3.03. The van der Waals surface area contributed by atoms with Gasteiger partial charge in [0.1, 0.15) is 11.4 Å². The molecule has 1 atom stereocenters. The molecule has 0 spiro atoms. The maximum Gasteiger partial charge on any atom is 0.526 e. The minimum atomic E-state index is -1.10. The summed E-state index contributed by atoms with van der Waals surface area (Å²) in [6.45, 7) is 2.55. The van der Waals surface area contributed by atoms with Gasteiger partial charge in [-0.2, -0.15) is 0 Å². The molecule has 1 aliphatic heterocycles. The van der Waals surface area contributed by atoms with Crippen LogP contribution in [0.4, 0.5) is 5.13 Å². The lowest BCUT2D eigenvalue weighted by Crippen LogP contribution is -2.36. The van der Waals surface area contributed by atoms with Crippen LogP contribution in [0.1, 0.15) is 28.9 Å². The summed E-state index contributed by atoms with van der Waals surface area (Å²) in [5.74, 6) is -0.176. The first kappa shape index (κ1) is 22.0. The van der Waals surface area contributed by atoms with Gasteiger partial charge in [-0.1, -0.05) is 29.4 Å². The van der Waals surface area contributed by atoms with Crippen molar-refractivity contribution in [2.24, 2.45) is 5.16 Å². The molecule has 3 N–H and O–H groups in total. The summed E-state index contributed by atoms with van der Waals surface area (Å²) >= 11 is 1.32. The van der Waals surface area contributed by atoms with Crippen LogP contribution in [0, 0.1) is 6.92 Å². The molecule has 3 heterocycles. The highest BCUT2D eigenvalue weighted by atomic mass is 32.1. The van der Waals surface area contributed by atoms with Crippen molar-refractivity contribution in [3.63, 3.8) is 0 Å². The molecule has 0 radical (unpaired) electrons. The fourth-order valence-corrected chi connectivity index (χ4v) is 4.43. The van der Waals surface area contributed by atoms with Gasteiger partial charge in [0.2, 0.25) is 0 Å². The Kier molecular flexibility index (Phi) is 6.82. The van der Waals surface area contributed by atoms with Gasteiger partial charge in [0, 0.05) is 42.5 Å². The third kappa shape index (κ3) is 4.97. The van der Waals surface area contributed by atoms with Crippen LogP contribution in [0.25, 0.3) is 0 Å². The van der Waals surface area contributed by atoms with E-state index in [9.17, 15) is 15.0 Å². The maximum atomic E-state index is 12.9. The average molecular weight is 450 g/mol. The van der Waals surface area contributed by atoms with Gasteiger partial charge in [-0.3, -0.25) is 9.78 Å². The number of aryl methyl sites for hydroxylation is 1. The molecule has 1 aliphatic rings. The zero-order valence-corrected chi connectivity index (χ0v) is 18.4. The lowest BCUT2D eigenvalue weighted by Gasteiger charge is -2.28. The monoisotopic (exact) mass is 450 g/mol. The van der Waals surface area contributed by atoms with Crippen LogP contribution in [-0.2, 0) is 17.6 Å². The van der Waals surface area contributed by atoms with Crippen molar-refractivity contribution in [3.05, 3.63) is 70.5 Å². The number of aromatic nitrogens is 2. The molecule has 0 bridgehead atoms. The van der Waals surface area contributed by atoms with E-state index in [1.807, 2.05) is 43.3 Å². The van der Waals surface area contributed by atoms with Crippen LogP contribution in [0.5, 0.6) is 5.75 Å². The summed E-state index contributed by atoms with van der Waals surface area (Å²) in [6, 6.07) is 11.5. The Morgan fingerprint density at radius 2 is 2.22 bits per heavy atom. The molecule has 8 nitrogen and oxygen atoms in total. The summed E-state index contributed by atoms with van der Waals surface area (Å²) in [6.07, 6.45) is 2.96. The summed E-state index contributed by atoms with van der Waals surface area (Å²) in [5, 5.41) is 28.6. The first-order chi connectivity index (χ1) is 15.5. The van der Waals surface area contributed by atoms with Crippen molar-refractivity contribution < 1.29 is 19.7 Å². The first-order valence-corrected chi connectivity index (χ1v) is 11.2. The Labute approximate surface area is 190 Å². The van der Waals surface area contributed by atoms with Gasteiger partial charge < -0.3 is 20.2 Å². The number of anilines is 1. The van der Waals surface area contributed by atoms with E-state index < -0.39 is 18.7 Å². The van der Waals surface area contributed by atoms with Gasteiger partial charge >= 0.3 is 7.12 Å². The minimum absolute atomic E-state index is 0.0199.